The molecule has 0 aliphatic heterocycles. The summed E-state index contributed by atoms with van der Waals surface area (Å²) in [5.74, 6) is 1.03. The third-order valence-corrected chi connectivity index (χ3v) is 12.0. The van der Waals surface area contributed by atoms with Crippen molar-refractivity contribution in [1.82, 2.24) is 9.97 Å². The Bertz CT molecular complexity index is 990. The number of aromatic nitrogens is 2. The molecule has 0 aliphatic rings. The molecule has 0 radical (unpaired) electrons. The number of alkyl halides is 1. The van der Waals surface area contributed by atoms with Crippen molar-refractivity contribution in [2.75, 3.05) is 18.5 Å². The molecule has 3 aromatic rings. The van der Waals surface area contributed by atoms with Crippen LogP contribution in [-0.4, -0.2) is 31.4 Å². The number of unbranched alkanes of at least 4 members (excludes halogenated alkanes) is 4. The average molecular weight is 531 g/mol. The van der Waals surface area contributed by atoms with Gasteiger partial charge in [0.25, 0.3) is 8.32 Å². The number of hydrogen-bond donors (Lipinski definition) is 1. The molecule has 35 heavy (non-hydrogen) atoms. The molecular weight excluding hydrogens is 493 g/mol. The maximum absolute atomic E-state index is 6.98. The molecule has 0 saturated carbocycles. The lowest BCUT2D eigenvalue weighted by Crippen LogP contribution is -2.66. The summed E-state index contributed by atoms with van der Waals surface area (Å²) in [5.41, 5.74) is 0.760. The smallest absolute Gasteiger partial charge is 0.261 e. The minimum Gasteiger partial charge on any atom is -0.407 e. The van der Waals surface area contributed by atoms with E-state index in [-0.39, 0.29) is 5.04 Å². The number of benzene rings is 2. The SMILES string of the molecule is CC(C)(C)[Si](OCCCCCCCNc1ncnc(Cl)c1CCl)(c1ccccc1)c1ccccc1. The van der Waals surface area contributed by atoms with Gasteiger partial charge in [0.2, 0.25) is 0 Å². The van der Waals surface area contributed by atoms with Gasteiger partial charge in [0.15, 0.2) is 0 Å². The van der Waals surface area contributed by atoms with Crippen LogP contribution in [0.25, 0.3) is 0 Å². The topological polar surface area (TPSA) is 47.0 Å². The Morgan fingerprint density at radius 2 is 1.40 bits per heavy atom. The third kappa shape index (κ3) is 7.07. The van der Waals surface area contributed by atoms with Crippen LogP contribution < -0.4 is 15.7 Å². The van der Waals surface area contributed by atoms with Crippen molar-refractivity contribution in [3.05, 3.63) is 77.7 Å². The van der Waals surface area contributed by atoms with E-state index in [0.29, 0.717) is 11.0 Å². The molecule has 188 valence electrons. The molecule has 0 amide bonds. The van der Waals surface area contributed by atoms with E-state index >= 15 is 0 Å². The van der Waals surface area contributed by atoms with Crippen molar-refractivity contribution in [2.24, 2.45) is 0 Å². The molecule has 1 heterocycles. The van der Waals surface area contributed by atoms with Gasteiger partial charge in [0, 0.05) is 18.7 Å². The fraction of sp³-hybridized carbons (Fsp3) is 0.429. The zero-order chi connectivity index (χ0) is 25.2. The summed E-state index contributed by atoms with van der Waals surface area (Å²) in [5, 5.41) is 6.45. The highest BCUT2D eigenvalue weighted by Gasteiger charge is 2.49. The van der Waals surface area contributed by atoms with Crippen LogP contribution in [0.3, 0.4) is 0 Å². The average Bonchev–Trinajstić information content (AvgIpc) is 2.86. The first kappa shape index (κ1) is 27.7. The van der Waals surface area contributed by atoms with Gasteiger partial charge < -0.3 is 9.74 Å². The van der Waals surface area contributed by atoms with E-state index in [1.54, 1.807) is 0 Å². The van der Waals surface area contributed by atoms with Crippen LogP contribution in [-0.2, 0) is 10.3 Å². The highest BCUT2D eigenvalue weighted by atomic mass is 35.5. The van der Waals surface area contributed by atoms with Crippen LogP contribution in [0.15, 0.2) is 67.0 Å². The molecule has 2 aromatic carbocycles. The molecule has 7 heteroatoms. The zero-order valence-electron chi connectivity index (χ0n) is 21.1. The zero-order valence-corrected chi connectivity index (χ0v) is 23.6. The molecule has 0 bridgehead atoms. The second-order valence-corrected chi connectivity index (χ2v) is 14.8. The lowest BCUT2D eigenvalue weighted by atomic mass is 10.1. The fourth-order valence-corrected chi connectivity index (χ4v) is 9.74. The maximum Gasteiger partial charge on any atom is 0.261 e. The highest BCUT2D eigenvalue weighted by Crippen LogP contribution is 2.36. The predicted molar refractivity (Wildman–Crippen MR) is 152 cm³/mol. The fourth-order valence-electron chi connectivity index (χ4n) is 4.61. The maximum atomic E-state index is 6.98. The number of rotatable bonds is 13. The van der Waals surface area contributed by atoms with E-state index in [9.17, 15) is 0 Å². The number of halogens is 2. The van der Waals surface area contributed by atoms with Crippen molar-refractivity contribution in [1.29, 1.82) is 0 Å². The van der Waals surface area contributed by atoms with Crippen molar-refractivity contribution in [2.45, 2.75) is 63.8 Å². The molecule has 0 saturated heterocycles. The lowest BCUT2D eigenvalue weighted by Gasteiger charge is -2.43. The number of nitrogens with zero attached hydrogens (tertiary/aromatic N) is 2. The predicted octanol–water partition coefficient (Wildman–Crippen LogP) is 6.81. The molecule has 0 atom stereocenters. The van der Waals surface area contributed by atoms with Crippen LogP contribution >= 0.6 is 23.2 Å². The van der Waals surface area contributed by atoms with Crippen LogP contribution in [0.5, 0.6) is 0 Å². The summed E-state index contributed by atoms with van der Waals surface area (Å²) in [6.07, 6.45) is 7.09. The normalized spacial score (nSPS) is 12.0. The van der Waals surface area contributed by atoms with Gasteiger partial charge in [-0.05, 0) is 28.3 Å². The van der Waals surface area contributed by atoms with Crippen LogP contribution in [0.4, 0.5) is 5.82 Å². The standard InChI is InChI=1S/C28H37Cl2N3OSi/c1-28(2,3)35(23-15-9-7-10-16-23,24-17-11-8-12-18-24)34-20-14-6-4-5-13-19-31-27-25(21-29)26(30)32-22-33-27/h7-12,15-18,22H,4-6,13-14,19-21H2,1-3H3,(H,31,32,33). The molecule has 0 spiro atoms. The summed E-state index contributed by atoms with van der Waals surface area (Å²) in [7, 11) is -2.43. The van der Waals surface area contributed by atoms with Crippen LogP contribution in [0.1, 0.15) is 58.4 Å². The molecule has 0 unspecified atom stereocenters. The lowest BCUT2D eigenvalue weighted by molar-refractivity contribution is 0.286. The minimum absolute atomic E-state index is 0.0210. The first-order chi connectivity index (χ1) is 16.9. The summed E-state index contributed by atoms with van der Waals surface area (Å²) < 4.78 is 6.98. The van der Waals surface area contributed by atoms with E-state index in [1.165, 1.54) is 23.1 Å². The second-order valence-electron chi connectivity index (χ2n) is 9.83. The Kier molecular flexibility index (Phi) is 10.6. The Morgan fingerprint density at radius 1 is 0.829 bits per heavy atom. The molecule has 0 aliphatic carbocycles. The quantitative estimate of drug-likeness (QED) is 0.114. The van der Waals surface area contributed by atoms with Gasteiger partial charge in [-0.1, -0.05) is 112 Å². The minimum atomic E-state index is -2.43. The van der Waals surface area contributed by atoms with E-state index in [1.807, 2.05) is 0 Å². The monoisotopic (exact) mass is 529 g/mol. The summed E-state index contributed by atoms with van der Waals surface area (Å²) in [6.45, 7) is 8.60. The first-order valence-corrected chi connectivity index (χ1v) is 15.3. The van der Waals surface area contributed by atoms with Crippen molar-refractivity contribution in [3.63, 3.8) is 0 Å². The van der Waals surface area contributed by atoms with Gasteiger partial charge in [-0.3, -0.25) is 0 Å². The Balaban J connectivity index is 1.50. The molecule has 1 N–H and O–H groups in total. The Morgan fingerprint density at radius 3 is 1.97 bits per heavy atom. The van der Waals surface area contributed by atoms with Gasteiger partial charge in [-0.15, -0.1) is 11.6 Å². The molecule has 3 rings (SSSR count). The van der Waals surface area contributed by atoms with Crippen molar-refractivity contribution in [3.8, 4) is 0 Å². The first-order valence-electron chi connectivity index (χ1n) is 12.4. The number of hydrogen-bond acceptors (Lipinski definition) is 4. The van der Waals surface area contributed by atoms with E-state index in [2.05, 4.69) is 96.7 Å². The van der Waals surface area contributed by atoms with Gasteiger partial charge in [0.1, 0.15) is 17.3 Å². The van der Waals surface area contributed by atoms with Crippen molar-refractivity contribution < 1.29 is 4.43 Å². The molecule has 0 fully saturated rings. The molecule has 4 nitrogen and oxygen atoms in total. The third-order valence-electron chi connectivity index (χ3n) is 6.38. The van der Waals surface area contributed by atoms with Gasteiger partial charge in [0.05, 0.1) is 5.88 Å². The van der Waals surface area contributed by atoms with Crippen LogP contribution in [0, 0.1) is 0 Å². The Labute approximate surface area is 221 Å². The summed E-state index contributed by atoms with van der Waals surface area (Å²) in [4.78, 5) is 8.25. The second kappa shape index (κ2) is 13.4. The molecule has 1 aromatic heterocycles. The van der Waals surface area contributed by atoms with Crippen molar-refractivity contribution >= 4 is 47.7 Å². The summed E-state index contributed by atoms with van der Waals surface area (Å²) >= 11 is 12.1. The van der Waals surface area contributed by atoms with Crippen LogP contribution in [0.2, 0.25) is 10.2 Å². The number of nitrogens with one attached hydrogen (secondary N) is 1. The molecular formula is C28H37Cl2N3OSi. The van der Waals surface area contributed by atoms with Gasteiger partial charge in [-0.25, -0.2) is 9.97 Å². The number of anilines is 1. The van der Waals surface area contributed by atoms with Gasteiger partial charge >= 0.3 is 0 Å². The van der Waals surface area contributed by atoms with E-state index in [0.717, 1.165) is 50.2 Å². The Hall–Kier alpha value is -1.92. The largest absolute Gasteiger partial charge is 0.407 e. The van der Waals surface area contributed by atoms with Gasteiger partial charge in [-0.2, -0.15) is 0 Å². The van der Waals surface area contributed by atoms with E-state index < -0.39 is 8.32 Å². The highest BCUT2D eigenvalue weighted by molar-refractivity contribution is 6.99. The summed E-state index contributed by atoms with van der Waals surface area (Å²) in [6, 6.07) is 21.7. The van der Waals surface area contributed by atoms with E-state index in [4.69, 9.17) is 27.6 Å².